The summed E-state index contributed by atoms with van der Waals surface area (Å²) >= 11 is 5.52. The van der Waals surface area contributed by atoms with E-state index in [1.807, 2.05) is 13.8 Å². The maximum absolute atomic E-state index is 11.2. The highest BCUT2D eigenvalue weighted by atomic mass is 35.5. The summed E-state index contributed by atoms with van der Waals surface area (Å²) in [4.78, 5) is 15.1. The third kappa shape index (κ3) is 4.55. The fraction of sp³-hybridized carbons (Fsp3) is 0.500. The molecule has 7 heteroatoms. The minimum Gasteiger partial charge on any atom is -0.360 e. The molecule has 1 heterocycles. The molecular formula is C8H12ClN5O. The van der Waals surface area contributed by atoms with Crippen molar-refractivity contribution < 1.29 is 4.79 Å². The summed E-state index contributed by atoms with van der Waals surface area (Å²) in [7, 11) is 0. The Morgan fingerprint density at radius 3 is 2.93 bits per heavy atom. The molecule has 0 unspecified atom stereocenters. The molecule has 0 fully saturated rings. The van der Waals surface area contributed by atoms with Crippen molar-refractivity contribution >= 4 is 23.3 Å². The Balaban J connectivity index is 2.40. The van der Waals surface area contributed by atoms with Gasteiger partial charge < -0.3 is 10.6 Å². The van der Waals surface area contributed by atoms with Crippen LogP contribution in [0.5, 0.6) is 0 Å². The molecule has 1 aromatic heterocycles. The largest absolute Gasteiger partial charge is 0.360 e. The van der Waals surface area contributed by atoms with E-state index in [-0.39, 0.29) is 23.8 Å². The highest BCUT2D eigenvalue weighted by Gasteiger charge is 2.03. The van der Waals surface area contributed by atoms with Crippen LogP contribution in [0.15, 0.2) is 6.20 Å². The molecular weight excluding hydrogens is 218 g/mol. The number of aromatic nitrogens is 3. The van der Waals surface area contributed by atoms with Crippen molar-refractivity contribution in [2.24, 2.45) is 0 Å². The van der Waals surface area contributed by atoms with E-state index in [0.717, 1.165) is 0 Å². The van der Waals surface area contributed by atoms with Gasteiger partial charge in [0, 0.05) is 6.04 Å². The van der Waals surface area contributed by atoms with E-state index in [1.165, 1.54) is 6.20 Å². The maximum Gasteiger partial charge on any atom is 0.244 e. The molecule has 0 atom stereocenters. The molecule has 15 heavy (non-hydrogen) atoms. The van der Waals surface area contributed by atoms with Crippen LogP contribution in [0.3, 0.4) is 0 Å². The zero-order valence-electron chi connectivity index (χ0n) is 8.49. The van der Waals surface area contributed by atoms with Gasteiger partial charge in [0.2, 0.25) is 11.2 Å². The average molecular weight is 230 g/mol. The SMILES string of the molecule is CC(C)NC(=O)CNc1cnnc(Cl)n1. The number of nitrogens with one attached hydrogen (secondary N) is 2. The van der Waals surface area contributed by atoms with Gasteiger partial charge in [-0.3, -0.25) is 4.79 Å². The van der Waals surface area contributed by atoms with Crippen molar-refractivity contribution in [2.45, 2.75) is 19.9 Å². The predicted octanol–water partition coefficient (Wildman–Crippen LogP) is 0.461. The van der Waals surface area contributed by atoms with Crippen molar-refractivity contribution in [3.05, 3.63) is 11.5 Å². The number of rotatable bonds is 4. The lowest BCUT2D eigenvalue weighted by atomic mass is 10.4. The second-order valence-electron chi connectivity index (χ2n) is 3.19. The number of amides is 1. The lowest BCUT2D eigenvalue weighted by Gasteiger charge is -2.08. The van der Waals surface area contributed by atoms with Crippen LogP contribution in [0.2, 0.25) is 5.28 Å². The molecule has 1 aromatic rings. The smallest absolute Gasteiger partial charge is 0.244 e. The summed E-state index contributed by atoms with van der Waals surface area (Å²) in [5.74, 6) is 0.314. The summed E-state index contributed by atoms with van der Waals surface area (Å²) in [5, 5.41) is 12.6. The van der Waals surface area contributed by atoms with Crippen molar-refractivity contribution in [3.63, 3.8) is 0 Å². The number of anilines is 1. The average Bonchev–Trinajstić information content (AvgIpc) is 2.14. The topological polar surface area (TPSA) is 79.8 Å². The predicted molar refractivity (Wildman–Crippen MR) is 56.6 cm³/mol. The second kappa shape index (κ2) is 5.45. The molecule has 0 saturated carbocycles. The molecule has 0 radical (unpaired) electrons. The highest BCUT2D eigenvalue weighted by molar-refractivity contribution is 6.28. The Morgan fingerprint density at radius 2 is 2.33 bits per heavy atom. The van der Waals surface area contributed by atoms with Gasteiger partial charge in [-0.2, -0.15) is 10.1 Å². The van der Waals surface area contributed by atoms with Gasteiger partial charge in [0.05, 0.1) is 12.7 Å². The van der Waals surface area contributed by atoms with Crippen LogP contribution in [-0.4, -0.2) is 33.7 Å². The first-order valence-electron chi connectivity index (χ1n) is 4.46. The van der Waals surface area contributed by atoms with E-state index in [1.54, 1.807) is 0 Å². The first kappa shape index (κ1) is 11.6. The van der Waals surface area contributed by atoms with E-state index in [9.17, 15) is 4.79 Å². The maximum atomic E-state index is 11.2. The number of carbonyl (C=O) groups is 1. The number of hydrogen-bond acceptors (Lipinski definition) is 5. The van der Waals surface area contributed by atoms with Crippen molar-refractivity contribution in [1.29, 1.82) is 0 Å². The van der Waals surface area contributed by atoms with Crippen molar-refractivity contribution in [2.75, 3.05) is 11.9 Å². The third-order valence-electron chi connectivity index (χ3n) is 1.41. The van der Waals surface area contributed by atoms with Gasteiger partial charge in [-0.05, 0) is 25.4 Å². The van der Waals surface area contributed by atoms with Crippen LogP contribution in [0.1, 0.15) is 13.8 Å². The Bertz CT molecular complexity index is 344. The molecule has 0 aliphatic heterocycles. The van der Waals surface area contributed by atoms with Crippen LogP contribution in [-0.2, 0) is 4.79 Å². The zero-order valence-corrected chi connectivity index (χ0v) is 9.25. The van der Waals surface area contributed by atoms with Gasteiger partial charge in [0.1, 0.15) is 5.82 Å². The third-order valence-corrected chi connectivity index (χ3v) is 1.57. The van der Waals surface area contributed by atoms with Crippen LogP contribution in [0.4, 0.5) is 5.82 Å². The Morgan fingerprint density at radius 1 is 1.60 bits per heavy atom. The molecule has 1 rings (SSSR count). The molecule has 0 aliphatic rings. The minimum absolute atomic E-state index is 0.0456. The molecule has 2 N–H and O–H groups in total. The van der Waals surface area contributed by atoms with Gasteiger partial charge in [0.15, 0.2) is 0 Å². The lowest BCUT2D eigenvalue weighted by molar-refractivity contribution is -0.119. The molecule has 0 saturated heterocycles. The van der Waals surface area contributed by atoms with Gasteiger partial charge in [0.25, 0.3) is 0 Å². The standard InChI is InChI=1S/C8H12ClN5O/c1-5(2)12-7(15)4-10-6-3-11-14-8(9)13-6/h3,5H,4H2,1-2H3,(H,12,15)(H,10,13,14). The Labute approximate surface area is 92.4 Å². The van der Waals surface area contributed by atoms with E-state index in [2.05, 4.69) is 25.8 Å². The first-order chi connectivity index (χ1) is 7.08. The Hall–Kier alpha value is -1.43. The zero-order chi connectivity index (χ0) is 11.3. The van der Waals surface area contributed by atoms with Crippen LogP contribution >= 0.6 is 11.6 Å². The summed E-state index contributed by atoms with van der Waals surface area (Å²) < 4.78 is 0. The summed E-state index contributed by atoms with van der Waals surface area (Å²) in [6, 6.07) is 0.117. The highest BCUT2D eigenvalue weighted by Crippen LogP contribution is 2.02. The Kier molecular flexibility index (Phi) is 4.23. The summed E-state index contributed by atoms with van der Waals surface area (Å²) in [6.07, 6.45) is 1.40. The first-order valence-corrected chi connectivity index (χ1v) is 4.84. The van der Waals surface area contributed by atoms with Gasteiger partial charge in [-0.1, -0.05) is 0 Å². The lowest BCUT2D eigenvalue weighted by Crippen LogP contribution is -2.35. The summed E-state index contributed by atoms with van der Waals surface area (Å²) in [5.41, 5.74) is 0. The molecule has 0 aromatic carbocycles. The van der Waals surface area contributed by atoms with E-state index < -0.39 is 0 Å². The van der Waals surface area contributed by atoms with Crippen LogP contribution in [0.25, 0.3) is 0 Å². The quantitative estimate of drug-likeness (QED) is 0.784. The molecule has 0 bridgehead atoms. The summed E-state index contributed by atoms with van der Waals surface area (Å²) in [6.45, 7) is 3.91. The van der Waals surface area contributed by atoms with E-state index in [4.69, 9.17) is 11.6 Å². The fourth-order valence-corrected chi connectivity index (χ4v) is 1.05. The fourth-order valence-electron chi connectivity index (χ4n) is 0.911. The van der Waals surface area contributed by atoms with Gasteiger partial charge in [-0.25, -0.2) is 0 Å². The number of hydrogen-bond donors (Lipinski definition) is 2. The van der Waals surface area contributed by atoms with Crippen molar-refractivity contribution in [3.8, 4) is 0 Å². The molecule has 6 nitrogen and oxygen atoms in total. The van der Waals surface area contributed by atoms with Crippen LogP contribution in [0, 0.1) is 0 Å². The van der Waals surface area contributed by atoms with Gasteiger partial charge in [-0.15, -0.1) is 5.10 Å². The monoisotopic (exact) mass is 229 g/mol. The number of nitrogens with zero attached hydrogens (tertiary/aromatic N) is 3. The number of halogens is 1. The van der Waals surface area contributed by atoms with Crippen LogP contribution < -0.4 is 10.6 Å². The van der Waals surface area contributed by atoms with Gasteiger partial charge >= 0.3 is 0 Å². The van der Waals surface area contributed by atoms with E-state index >= 15 is 0 Å². The molecule has 1 amide bonds. The molecule has 0 aliphatic carbocycles. The molecule has 82 valence electrons. The molecule has 0 spiro atoms. The van der Waals surface area contributed by atoms with E-state index in [0.29, 0.717) is 5.82 Å². The van der Waals surface area contributed by atoms with Crippen molar-refractivity contribution in [1.82, 2.24) is 20.5 Å². The second-order valence-corrected chi connectivity index (χ2v) is 3.52. The number of carbonyl (C=O) groups excluding carboxylic acids is 1. The minimum atomic E-state index is -0.111. The normalized spacial score (nSPS) is 10.1.